The molecule has 4 heteroatoms. The Morgan fingerprint density at radius 3 is 2.86 bits per heavy atom. The number of benzene rings is 1. The number of hydrogen-bond donors (Lipinski definition) is 0. The predicted molar refractivity (Wildman–Crippen MR) is 87.3 cm³/mol. The molecule has 0 aliphatic heterocycles. The van der Waals surface area contributed by atoms with E-state index in [-0.39, 0.29) is 0 Å². The molecule has 0 N–H and O–H groups in total. The van der Waals surface area contributed by atoms with Crippen molar-refractivity contribution in [2.24, 2.45) is 5.92 Å². The number of para-hydroxylation sites is 1. The van der Waals surface area contributed by atoms with Crippen LogP contribution in [0.25, 0.3) is 16.6 Å². The van der Waals surface area contributed by atoms with E-state index in [0.29, 0.717) is 5.92 Å². The molecule has 2 heterocycles. The van der Waals surface area contributed by atoms with Crippen molar-refractivity contribution >= 4 is 16.6 Å². The minimum absolute atomic E-state index is 0.684. The lowest BCUT2D eigenvalue weighted by Gasteiger charge is -2.21. The average Bonchev–Trinajstić information content (AvgIpc) is 2.90. The van der Waals surface area contributed by atoms with Crippen LogP contribution in [0.5, 0.6) is 5.75 Å². The predicted octanol–water partition coefficient (Wildman–Crippen LogP) is 4.15. The fourth-order valence-corrected chi connectivity index (χ4v) is 3.43. The first-order valence-corrected chi connectivity index (χ1v) is 8.19. The maximum absolute atomic E-state index is 6.13. The Balaban J connectivity index is 1.68. The summed E-state index contributed by atoms with van der Waals surface area (Å²) in [7, 11) is 0. The van der Waals surface area contributed by atoms with Gasteiger partial charge in [-0.2, -0.15) is 5.10 Å². The van der Waals surface area contributed by atoms with E-state index in [2.05, 4.69) is 22.2 Å². The number of fused-ring (bicyclic) bond motifs is 3. The van der Waals surface area contributed by atoms with Gasteiger partial charge in [-0.3, -0.25) is 0 Å². The van der Waals surface area contributed by atoms with Gasteiger partial charge in [-0.15, -0.1) is 0 Å². The van der Waals surface area contributed by atoms with Gasteiger partial charge in [-0.25, -0.2) is 9.50 Å². The van der Waals surface area contributed by atoms with E-state index < -0.39 is 0 Å². The molecule has 0 atom stereocenters. The molecule has 22 heavy (non-hydrogen) atoms. The van der Waals surface area contributed by atoms with Gasteiger partial charge in [0.25, 0.3) is 0 Å². The first-order chi connectivity index (χ1) is 10.8. The average molecular weight is 295 g/mol. The summed E-state index contributed by atoms with van der Waals surface area (Å²) in [5.41, 5.74) is 2.81. The second-order valence-electron chi connectivity index (χ2n) is 6.28. The van der Waals surface area contributed by atoms with Gasteiger partial charge in [0, 0.05) is 11.6 Å². The van der Waals surface area contributed by atoms with E-state index >= 15 is 0 Å². The SMILES string of the molecule is Cc1nn2c(ncc3ccccc32)c1OCC1CCCCC1. The smallest absolute Gasteiger partial charge is 0.198 e. The van der Waals surface area contributed by atoms with E-state index in [1.807, 2.05) is 29.8 Å². The highest BCUT2D eigenvalue weighted by Gasteiger charge is 2.18. The van der Waals surface area contributed by atoms with Gasteiger partial charge in [0.15, 0.2) is 11.4 Å². The van der Waals surface area contributed by atoms with Crippen LogP contribution in [0.4, 0.5) is 0 Å². The molecule has 3 aromatic rings. The molecule has 1 aliphatic rings. The summed E-state index contributed by atoms with van der Waals surface area (Å²) in [6, 6.07) is 8.18. The fourth-order valence-electron chi connectivity index (χ4n) is 3.43. The van der Waals surface area contributed by atoms with Crippen LogP contribution in [-0.4, -0.2) is 21.2 Å². The van der Waals surface area contributed by atoms with Crippen LogP contribution in [0, 0.1) is 12.8 Å². The highest BCUT2D eigenvalue weighted by molar-refractivity contribution is 5.81. The van der Waals surface area contributed by atoms with Crippen LogP contribution in [0.2, 0.25) is 0 Å². The Kier molecular flexibility index (Phi) is 3.45. The third kappa shape index (κ3) is 2.32. The quantitative estimate of drug-likeness (QED) is 0.728. The molecule has 114 valence electrons. The molecule has 1 aliphatic carbocycles. The van der Waals surface area contributed by atoms with Crippen molar-refractivity contribution in [2.45, 2.75) is 39.0 Å². The van der Waals surface area contributed by atoms with E-state index in [0.717, 1.165) is 34.6 Å². The monoisotopic (exact) mass is 295 g/mol. The molecular weight excluding hydrogens is 274 g/mol. The first-order valence-electron chi connectivity index (χ1n) is 8.19. The van der Waals surface area contributed by atoms with Crippen LogP contribution in [0.15, 0.2) is 30.5 Å². The molecule has 1 fully saturated rings. The maximum Gasteiger partial charge on any atom is 0.198 e. The number of hydrogen-bond acceptors (Lipinski definition) is 3. The highest BCUT2D eigenvalue weighted by Crippen LogP contribution is 2.29. The summed E-state index contributed by atoms with van der Waals surface area (Å²) >= 11 is 0. The van der Waals surface area contributed by atoms with Crippen LogP contribution in [0.1, 0.15) is 37.8 Å². The number of aromatic nitrogens is 3. The molecular formula is C18H21N3O. The largest absolute Gasteiger partial charge is 0.487 e. The summed E-state index contributed by atoms with van der Waals surface area (Å²) < 4.78 is 8.04. The van der Waals surface area contributed by atoms with Gasteiger partial charge in [0.05, 0.1) is 12.1 Å². The zero-order valence-electron chi connectivity index (χ0n) is 13.0. The van der Waals surface area contributed by atoms with Crippen LogP contribution >= 0.6 is 0 Å². The van der Waals surface area contributed by atoms with Gasteiger partial charge in [-0.05, 0) is 31.7 Å². The van der Waals surface area contributed by atoms with E-state index in [1.165, 1.54) is 32.1 Å². The molecule has 4 rings (SSSR count). The molecule has 1 saturated carbocycles. The lowest BCUT2D eigenvalue weighted by atomic mass is 9.90. The number of nitrogens with zero attached hydrogens (tertiary/aromatic N) is 3. The van der Waals surface area contributed by atoms with Crippen molar-refractivity contribution in [1.29, 1.82) is 0 Å². The van der Waals surface area contributed by atoms with Gasteiger partial charge in [-0.1, -0.05) is 37.5 Å². The molecule has 0 radical (unpaired) electrons. The Morgan fingerprint density at radius 2 is 2.00 bits per heavy atom. The second-order valence-corrected chi connectivity index (χ2v) is 6.28. The van der Waals surface area contributed by atoms with Crippen molar-refractivity contribution in [3.05, 3.63) is 36.2 Å². The van der Waals surface area contributed by atoms with Crippen LogP contribution < -0.4 is 4.74 Å². The second kappa shape index (κ2) is 5.59. The highest BCUT2D eigenvalue weighted by atomic mass is 16.5. The van der Waals surface area contributed by atoms with E-state index in [4.69, 9.17) is 4.74 Å². The molecule has 4 nitrogen and oxygen atoms in total. The standard InChI is InChI=1S/C18H21N3O/c1-13-17(22-12-14-7-3-2-4-8-14)18-19-11-15-9-5-6-10-16(15)21(18)20-13/h5-6,9-11,14H,2-4,7-8,12H2,1H3. The summed E-state index contributed by atoms with van der Waals surface area (Å²) in [6.07, 6.45) is 8.53. The summed E-state index contributed by atoms with van der Waals surface area (Å²) in [5, 5.41) is 5.73. The Morgan fingerprint density at radius 1 is 1.18 bits per heavy atom. The molecule has 2 aromatic heterocycles. The zero-order chi connectivity index (χ0) is 14.9. The zero-order valence-corrected chi connectivity index (χ0v) is 13.0. The van der Waals surface area contributed by atoms with Crippen molar-refractivity contribution in [3.8, 4) is 5.75 Å². The van der Waals surface area contributed by atoms with Crippen molar-refractivity contribution in [3.63, 3.8) is 0 Å². The van der Waals surface area contributed by atoms with Gasteiger partial charge < -0.3 is 4.74 Å². The number of ether oxygens (including phenoxy) is 1. The van der Waals surface area contributed by atoms with E-state index in [1.54, 1.807) is 0 Å². The van der Waals surface area contributed by atoms with Gasteiger partial charge in [0.2, 0.25) is 0 Å². The van der Waals surface area contributed by atoms with Gasteiger partial charge in [0.1, 0.15) is 5.69 Å². The normalized spacial score (nSPS) is 16.4. The molecule has 0 unspecified atom stereocenters. The van der Waals surface area contributed by atoms with Crippen molar-refractivity contribution < 1.29 is 4.74 Å². The third-order valence-electron chi connectivity index (χ3n) is 4.66. The molecule has 1 aromatic carbocycles. The Hall–Kier alpha value is -2.10. The molecule has 0 amide bonds. The third-order valence-corrected chi connectivity index (χ3v) is 4.66. The number of rotatable bonds is 3. The minimum Gasteiger partial charge on any atom is -0.487 e. The van der Waals surface area contributed by atoms with Gasteiger partial charge >= 0.3 is 0 Å². The maximum atomic E-state index is 6.13. The first kappa shape index (κ1) is 13.6. The summed E-state index contributed by atoms with van der Waals surface area (Å²) in [4.78, 5) is 4.57. The van der Waals surface area contributed by atoms with Crippen molar-refractivity contribution in [1.82, 2.24) is 14.6 Å². The van der Waals surface area contributed by atoms with Crippen LogP contribution in [-0.2, 0) is 0 Å². The van der Waals surface area contributed by atoms with Crippen molar-refractivity contribution in [2.75, 3.05) is 6.61 Å². The minimum atomic E-state index is 0.684. The Bertz CT molecular complexity index is 803. The lowest BCUT2D eigenvalue weighted by Crippen LogP contribution is -2.15. The lowest BCUT2D eigenvalue weighted by molar-refractivity contribution is 0.209. The summed E-state index contributed by atoms with van der Waals surface area (Å²) in [5.74, 6) is 1.53. The Labute approximate surface area is 130 Å². The topological polar surface area (TPSA) is 39.4 Å². The molecule has 0 bridgehead atoms. The fraction of sp³-hybridized carbons (Fsp3) is 0.444. The molecule has 0 saturated heterocycles. The molecule has 0 spiro atoms. The number of aryl methyl sites for hydroxylation is 1. The van der Waals surface area contributed by atoms with Crippen LogP contribution in [0.3, 0.4) is 0 Å². The summed E-state index contributed by atoms with van der Waals surface area (Å²) in [6.45, 7) is 2.79. The van der Waals surface area contributed by atoms with E-state index in [9.17, 15) is 0 Å².